The third-order valence-electron chi connectivity index (χ3n) is 13.5. The van der Waals surface area contributed by atoms with E-state index < -0.39 is 124 Å². The second-order valence-corrected chi connectivity index (χ2v) is 15.3. The molecule has 0 amide bonds. The number of furan rings is 1. The molecule has 4 bridgehead atoms. The Bertz CT molecular complexity index is 1660. The van der Waals surface area contributed by atoms with E-state index in [-0.39, 0.29) is 12.8 Å². The Kier molecular flexibility index (Phi) is 5.23. The summed E-state index contributed by atoms with van der Waals surface area (Å²) in [5.74, 6) is -6.89. The van der Waals surface area contributed by atoms with Crippen LogP contribution in [0, 0.1) is 28.1 Å². The van der Waals surface area contributed by atoms with E-state index in [0.717, 1.165) is 0 Å². The molecule has 0 aromatic carbocycles. The van der Waals surface area contributed by atoms with Gasteiger partial charge in [0.2, 0.25) is 0 Å². The Labute approximate surface area is 267 Å². The lowest BCUT2D eigenvalue weighted by atomic mass is 9.32. The van der Waals surface area contributed by atoms with E-state index in [4.69, 9.17) is 37.6 Å². The Morgan fingerprint density at radius 3 is 2.32 bits per heavy atom. The molecule has 3 spiro atoms. The standard InChI is InChI=1S/C32H36O15/c1-13(33)42-22-20(37)32-28-12-41-18(35)8-16(28)25(3)11-29(28)30(39,24(25)43-14(2)34)23(38)31(32,46-27(5,45-29)47-32)17-9-19(36)44-21(26(17,22)4)15-6-7-40-10-15/h6-7,10,16-17,20-24,37-39H,8-9,11-12H2,1-5H3. The average Bonchev–Trinajstić information content (AvgIpc) is 3.69. The summed E-state index contributed by atoms with van der Waals surface area (Å²) in [5, 5.41) is 39.3. The molecular weight excluding hydrogens is 624 g/mol. The largest absolute Gasteiger partial charge is 0.472 e. The van der Waals surface area contributed by atoms with Crippen LogP contribution in [0.5, 0.6) is 0 Å². The van der Waals surface area contributed by atoms with Gasteiger partial charge < -0.3 is 52.9 Å². The number of fused-ring (bicyclic) bond motifs is 4. The molecule has 1 aromatic heterocycles. The molecule has 47 heavy (non-hydrogen) atoms. The number of hydrogen-bond acceptors (Lipinski definition) is 15. The maximum atomic E-state index is 13.7. The molecule has 4 aliphatic heterocycles. The third-order valence-corrected chi connectivity index (χ3v) is 13.5. The zero-order valence-corrected chi connectivity index (χ0v) is 26.3. The summed E-state index contributed by atoms with van der Waals surface area (Å²) in [6.07, 6.45) is -5.95. The molecule has 3 N–H and O–H groups in total. The highest BCUT2D eigenvalue weighted by molar-refractivity contribution is 5.75. The van der Waals surface area contributed by atoms with E-state index in [1.54, 1.807) is 19.9 Å². The van der Waals surface area contributed by atoms with Crippen molar-refractivity contribution in [3.8, 4) is 0 Å². The molecule has 1 aromatic rings. The first-order valence-electron chi connectivity index (χ1n) is 15.9. The summed E-state index contributed by atoms with van der Waals surface area (Å²) in [6.45, 7) is 6.74. The number of carbonyl (C=O) groups excluding carboxylic acids is 4. The molecule has 9 rings (SSSR count). The summed E-state index contributed by atoms with van der Waals surface area (Å²) in [4.78, 5) is 52.3. The minimum Gasteiger partial charge on any atom is -0.472 e. The lowest BCUT2D eigenvalue weighted by Crippen LogP contribution is -2.98. The molecule has 0 radical (unpaired) electrons. The Hall–Kier alpha value is -3.08. The van der Waals surface area contributed by atoms with Gasteiger partial charge in [0.25, 0.3) is 5.97 Å². The van der Waals surface area contributed by atoms with Crippen molar-refractivity contribution in [2.45, 2.75) is 113 Å². The second kappa shape index (κ2) is 8.20. The zero-order valence-electron chi connectivity index (χ0n) is 26.3. The van der Waals surface area contributed by atoms with Crippen molar-refractivity contribution in [2.24, 2.45) is 28.1 Å². The molecule has 4 aliphatic carbocycles. The van der Waals surface area contributed by atoms with Crippen molar-refractivity contribution in [3.63, 3.8) is 0 Å². The van der Waals surface area contributed by atoms with E-state index in [1.165, 1.54) is 33.3 Å². The van der Waals surface area contributed by atoms with Crippen molar-refractivity contribution >= 4 is 23.9 Å². The van der Waals surface area contributed by atoms with Crippen molar-refractivity contribution < 1.29 is 72.1 Å². The van der Waals surface area contributed by atoms with Gasteiger partial charge in [0.1, 0.15) is 53.9 Å². The summed E-state index contributed by atoms with van der Waals surface area (Å²) in [6, 6.07) is 1.57. The minimum atomic E-state index is -2.43. The Morgan fingerprint density at radius 2 is 1.66 bits per heavy atom. The van der Waals surface area contributed by atoms with Crippen molar-refractivity contribution in [1.82, 2.24) is 0 Å². The number of esters is 4. The topological polar surface area (TPSA) is 207 Å². The average molecular weight is 661 g/mol. The molecule has 4 saturated carbocycles. The number of rotatable bonds is 3. The van der Waals surface area contributed by atoms with Crippen LogP contribution in [0.3, 0.4) is 0 Å². The fourth-order valence-electron chi connectivity index (χ4n) is 12.7. The number of aliphatic hydroxyl groups is 3. The number of carbonyl (C=O) groups is 4. The van der Waals surface area contributed by atoms with Crippen molar-refractivity contribution in [2.75, 3.05) is 6.61 Å². The van der Waals surface area contributed by atoms with Crippen molar-refractivity contribution in [3.05, 3.63) is 24.2 Å². The quantitative estimate of drug-likeness (QED) is 0.292. The van der Waals surface area contributed by atoms with Gasteiger partial charge in [-0.25, -0.2) is 0 Å². The Balaban J connectivity index is 1.41. The smallest absolute Gasteiger partial charge is 0.306 e. The predicted molar refractivity (Wildman–Crippen MR) is 146 cm³/mol. The lowest BCUT2D eigenvalue weighted by molar-refractivity contribution is -0.500. The predicted octanol–water partition coefficient (Wildman–Crippen LogP) is 0.174. The number of aliphatic hydroxyl groups excluding tert-OH is 2. The molecule has 15 atom stereocenters. The normalized spacial score (nSPS) is 57.4. The number of cyclic esters (lactones) is 2. The highest BCUT2D eigenvalue weighted by atomic mass is 16.9. The van der Waals surface area contributed by atoms with Gasteiger partial charge in [0.05, 0.1) is 29.8 Å². The minimum absolute atomic E-state index is 0.0421. The SMILES string of the molecule is CC(=O)OC1C(O)C23OC4(C)OC2(C2CC(=O)OC(c5ccoc5)C12C)C(O)C1(O)C(OC(C)=O)C2(C)CC1(O4)C31COC(=O)CC21. The van der Waals surface area contributed by atoms with Crippen LogP contribution >= 0.6 is 0 Å². The zero-order chi connectivity index (χ0) is 33.5. The molecule has 15 nitrogen and oxygen atoms in total. The van der Waals surface area contributed by atoms with Gasteiger partial charge in [0.15, 0.2) is 5.60 Å². The maximum Gasteiger partial charge on any atom is 0.306 e. The van der Waals surface area contributed by atoms with E-state index >= 15 is 0 Å². The molecule has 15 heteroatoms. The van der Waals surface area contributed by atoms with Gasteiger partial charge in [-0.1, -0.05) is 13.8 Å². The van der Waals surface area contributed by atoms with E-state index in [9.17, 15) is 34.5 Å². The van der Waals surface area contributed by atoms with Crippen LogP contribution in [0.1, 0.15) is 65.5 Å². The van der Waals surface area contributed by atoms with Gasteiger partial charge in [-0.15, -0.1) is 0 Å². The first kappa shape index (κ1) is 30.0. The summed E-state index contributed by atoms with van der Waals surface area (Å²) < 4.78 is 49.3. The molecule has 15 unspecified atom stereocenters. The molecule has 254 valence electrons. The van der Waals surface area contributed by atoms with E-state index in [2.05, 4.69) is 0 Å². The van der Waals surface area contributed by atoms with Gasteiger partial charge in [-0.2, -0.15) is 0 Å². The van der Waals surface area contributed by atoms with Crippen LogP contribution in [0.2, 0.25) is 0 Å². The van der Waals surface area contributed by atoms with Crippen molar-refractivity contribution in [1.29, 1.82) is 0 Å². The fraction of sp³-hybridized carbons (Fsp3) is 0.750. The first-order valence-corrected chi connectivity index (χ1v) is 15.9. The van der Waals surface area contributed by atoms with Crippen LogP contribution in [0.15, 0.2) is 23.0 Å². The first-order chi connectivity index (χ1) is 22.0. The molecular formula is C32H36O15. The summed E-state index contributed by atoms with van der Waals surface area (Å²) >= 11 is 0. The maximum absolute atomic E-state index is 13.7. The molecule has 8 fully saturated rings. The van der Waals surface area contributed by atoms with Crippen LogP contribution in [0.25, 0.3) is 0 Å². The molecule has 8 aliphatic rings. The van der Waals surface area contributed by atoms with E-state index in [0.29, 0.717) is 5.56 Å². The van der Waals surface area contributed by atoms with Crippen LogP contribution in [-0.4, -0.2) is 98.6 Å². The van der Waals surface area contributed by atoms with Gasteiger partial charge >= 0.3 is 23.9 Å². The third kappa shape index (κ3) is 2.67. The van der Waals surface area contributed by atoms with E-state index in [1.807, 2.05) is 0 Å². The van der Waals surface area contributed by atoms with Crippen LogP contribution in [0.4, 0.5) is 0 Å². The molecule has 5 heterocycles. The molecule has 4 saturated heterocycles. The highest BCUT2D eigenvalue weighted by Gasteiger charge is 3.06. The Morgan fingerprint density at radius 1 is 0.957 bits per heavy atom. The van der Waals surface area contributed by atoms with Gasteiger partial charge in [-0.05, 0) is 18.4 Å². The number of ether oxygens (including phenoxy) is 7. The lowest BCUT2D eigenvalue weighted by Gasteiger charge is -2.78. The van der Waals surface area contributed by atoms with Gasteiger partial charge in [0, 0.05) is 44.1 Å². The monoisotopic (exact) mass is 660 g/mol. The summed E-state index contributed by atoms with van der Waals surface area (Å²) in [5.41, 5.74) is -12.7. The second-order valence-electron chi connectivity index (χ2n) is 15.3. The van der Waals surface area contributed by atoms with Gasteiger partial charge in [-0.3, -0.25) is 19.2 Å². The van der Waals surface area contributed by atoms with Crippen LogP contribution < -0.4 is 0 Å². The fourth-order valence-corrected chi connectivity index (χ4v) is 12.7. The highest BCUT2D eigenvalue weighted by Crippen LogP contribution is 2.90. The van der Waals surface area contributed by atoms with Crippen LogP contribution in [-0.2, 0) is 52.3 Å². The number of hydrogen-bond donors (Lipinski definition) is 3. The summed E-state index contributed by atoms with van der Waals surface area (Å²) in [7, 11) is 0.